The Hall–Kier alpha value is -2.57. The second-order valence-electron chi connectivity index (χ2n) is 5.82. The zero-order chi connectivity index (χ0) is 16.6. The van der Waals surface area contributed by atoms with Crippen molar-refractivity contribution in [2.45, 2.75) is 32.4 Å². The van der Waals surface area contributed by atoms with Gasteiger partial charge in [-0.2, -0.15) is 0 Å². The van der Waals surface area contributed by atoms with E-state index in [2.05, 4.69) is 5.32 Å². The number of rotatable bonds is 3. The van der Waals surface area contributed by atoms with Crippen molar-refractivity contribution >= 4 is 23.6 Å². The summed E-state index contributed by atoms with van der Waals surface area (Å²) in [4.78, 5) is 38.2. The summed E-state index contributed by atoms with van der Waals surface area (Å²) < 4.78 is 5.44. The molecule has 0 aliphatic carbocycles. The fourth-order valence-corrected chi connectivity index (χ4v) is 3.18. The molecule has 1 saturated heterocycles. The predicted molar refractivity (Wildman–Crippen MR) is 82.8 cm³/mol. The van der Waals surface area contributed by atoms with E-state index in [1.165, 1.54) is 18.7 Å². The van der Waals surface area contributed by atoms with Gasteiger partial charge in [-0.05, 0) is 18.1 Å². The Morgan fingerprint density at radius 3 is 2.74 bits per heavy atom. The van der Waals surface area contributed by atoms with Crippen LogP contribution in [0.1, 0.15) is 19.4 Å². The molecule has 2 atom stereocenters. The summed E-state index contributed by atoms with van der Waals surface area (Å²) in [6.07, 6.45) is -0.224. The van der Waals surface area contributed by atoms with E-state index in [9.17, 15) is 14.4 Å². The lowest BCUT2D eigenvalue weighted by molar-refractivity contribution is -0.119. The van der Waals surface area contributed by atoms with Crippen LogP contribution in [0.5, 0.6) is 0 Å². The van der Waals surface area contributed by atoms with E-state index >= 15 is 0 Å². The van der Waals surface area contributed by atoms with Crippen molar-refractivity contribution in [2.24, 2.45) is 0 Å². The number of cyclic esters (lactones) is 1. The average Bonchev–Trinajstić information content (AvgIpc) is 3.05. The van der Waals surface area contributed by atoms with Crippen LogP contribution in [-0.2, 0) is 20.7 Å². The minimum Gasteiger partial charge on any atom is -0.442 e. The minimum absolute atomic E-state index is 0.0729. The first-order valence-electron chi connectivity index (χ1n) is 7.55. The fourth-order valence-electron chi connectivity index (χ4n) is 3.18. The van der Waals surface area contributed by atoms with E-state index in [4.69, 9.17) is 4.74 Å². The van der Waals surface area contributed by atoms with Crippen molar-refractivity contribution in [3.05, 3.63) is 29.8 Å². The first-order valence-corrected chi connectivity index (χ1v) is 7.55. The number of carbonyl (C=O) groups is 3. The van der Waals surface area contributed by atoms with E-state index in [0.29, 0.717) is 13.0 Å². The number of anilines is 1. The summed E-state index contributed by atoms with van der Waals surface area (Å²) in [6, 6.07) is 7.50. The number of carbonyl (C=O) groups excluding carboxylic acids is 3. The Labute approximate surface area is 134 Å². The molecule has 0 aromatic heterocycles. The number of hydrogen-bond acceptors (Lipinski definition) is 4. The van der Waals surface area contributed by atoms with Gasteiger partial charge in [0.2, 0.25) is 11.8 Å². The molecule has 2 aliphatic rings. The van der Waals surface area contributed by atoms with Gasteiger partial charge in [-0.25, -0.2) is 4.79 Å². The van der Waals surface area contributed by atoms with Crippen molar-refractivity contribution in [3.8, 4) is 0 Å². The van der Waals surface area contributed by atoms with Crippen LogP contribution in [0.4, 0.5) is 10.5 Å². The second-order valence-corrected chi connectivity index (χ2v) is 5.82. The molecular formula is C16H19N3O4. The van der Waals surface area contributed by atoms with Gasteiger partial charge in [0.1, 0.15) is 6.10 Å². The SMILES string of the molecule is CC(=O)NCN1CC(C2Cc3ccccc3N2C(C)=O)OC1=O. The number of hydrogen-bond donors (Lipinski definition) is 1. The zero-order valence-corrected chi connectivity index (χ0v) is 13.1. The van der Waals surface area contributed by atoms with Crippen LogP contribution in [-0.4, -0.2) is 48.2 Å². The number of amides is 3. The van der Waals surface area contributed by atoms with Gasteiger partial charge in [0, 0.05) is 19.5 Å². The molecule has 3 rings (SSSR count). The van der Waals surface area contributed by atoms with Crippen LogP contribution in [0.2, 0.25) is 0 Å². The highest BCUT2D eigenvalue weighted by molar-refractivity contribution is 5.94. The lowest BCUT2D eigenvalue weighted by Gasteiger charge is -2.27. The van der Waals surface area contributed by atoms with Crippen molar-refractivity contribution in [2.75, 3.05) is 18.1 Å². The Bertz CT molecular complexity index is 660. The standard InChI is InChI=1S/C16H19N3O4/c1-10(20)17-9-18-8-15(23-16(18)22)14-7-12-5-3-4-6-13(12)19(14)11(2)21/h3-6,14-15H,7-9H2,1-2H3,(H,17,20). The third-order valence-electron chi connectivity index (χ3n) is 4.21. The molecule has 2 unspecified atom stereocenters. The molecule has 0 spiro atoms. The monoisotopic (exact) mass is 317 g/mol. The maximum atomic E-state index is 12.1. The summed E-state index contributed by atoms with van der Waals surface area (Å²) in [5, 5.41) is 2.59. The highest BCUT2D eigenvalue weighted by Gasteiger charge is 2.44. The van der Waals surface area contributed by atoms with Crippen molar-refractivity contribution < 1.29 is 19.1 Å². The molecule has 0 radical (unpaired) electrons. The molecule has 0 saturated carbocycles. The van der Waals surface area contributed by atoms with E-state index in [-0.39, 0.29) is 24.5 Å². The number of nitrogens with zero attached hydrogens (tertiary/aromatic N) is 2. The molecular weight excluding hydrogens is 298 g/mol. The maximum absolute atomic E-state index is 12.1. The van der Waals surface area contributed by atoms with Gasteiger partial charge in [-0.3, -0.25) is 14.5 Å². The largest absolute Gasteiger partial charge is 0.442 e. The third-order valence-corrected chi connectivity index (χ3v) is 4.21. The normalized spacial score (nSPS) is 22.8. The fraction of sp³-hybridized carbons (Fsp3) is 0.438. The molecule has 0 bridgehead atoms. The molecule has 2 heterocycles. The van der Waals surface area contributed by atoms with Crippen LogP contribution < -0.4 is 10.2 Å². The number of para-hydroxylation sites is 1. The highest BCUT2D eigenvalue weighted by Crippen LogP contribution is 2.35. The number of nitrogens with one attached hydrogen (secondary N) is 1. The molecule has 2 aliphatic heterocycles. The van der Waals surface area contributed by atoms with Crippen molar-refractivity contribution in [1.29, 1.82) is 0 Å². The van der Waals surface area contributed by atoms with E-state index in [0.717, 1.165) is 11.3 Å². The van der Waals surface area contributed by atoms with Gasteiger partial charge in [0.05, 0.1) is 19.3 Å². The van der Waals surface area contributed by atoms with Crippen molar-refractivity contribution in [3.63, 3.8) is 0 Å². The van der Waals surface area contributed by atoms with Crippen LogP contribution in [0.25, 0.3) is 0 Å². The van der Waals surface area contributed by atoms with Gasteiger partial charge in [-0.1, -0.05) is 18.2 Å². The summed E-state index contributed by atoms with van der Waals surface area (Å²) in [6.45, 7) is 3.37. The quantitative estimate of drug-likeness (QED) is 0.897. The topological polar surface area (TPSA) is 79.0 Å². The molecule has 3 amide bonds. The predicted octanol–water partition coefficient (Wildman–Crippen LogP) is 0.879. The number of fused-ring (bicyclic) bond motifs is 1. The number of ether oxygens (including phenoxy) is 1. The zero-order valence-electron chi connectivity index (χ0n) is 13.1. The van der Waals surface area contributed by atoms with Crippen LogP contribution in [0, 0.1) is 0 Å². The Morgan fingerprint density at radius 1 is 1.30 bits per heavy atom. The average molecular weight is 317 g/mol. The van der Waals surface area contributed by atoms with Gasteiger partial charge < -0.3 is 15.0 Å². The van der Waals surface area contributed by atoms with Crippen LogP contribution in [0.15, 0.2) is 24.3 Å². The summed E-state index contributed by atoms with van der Waals surface area (Å²) >= 11 is 0. The van der Waals surface area contributed by atoms with E-state index in [1.807, 2.05) is 24.3 Å². The second kappa shape index (κ2) is 5.91. The minimum atomic E-state index is -0.469. The first kappa shape index (κ1) is 15.3. The molecule has 1 aromatic carbocycles. The maximum Gasteiger partial charge on any atom is 0.411 e. The van der Waals surface area contributed by atoms with Gasteiger partial charge >= 0.3 is 6.09 Å². The molecule has 122 valence electrons. The van der Waals surface area contributed by atoms with E-state index in [1.54, 1.807) is 4.90 Å². The highest BCUT2D eigenvalue weighted by atomic mass is 16.6. The number of benzene rings is 1. The Balaban J connectivity index is 1.76. The summed E-state index contributed by atoms with van der Waals surface area (Å²) in [5.74, 6) is -0.281. The van der Waals surface area contributed by atoms with Gasteiger partial charge in [0.15, 0.2) is 0 Å². The molecule has 7 nitrogen and oxygen atoms in total. The van der Waals surface area contributed by atoms with Crippen molar-refractivity contribution in [1.82, 2.24) is 10.2 Å². The Morgan fingerprint density at radius 2 is 2.04 bits per heavy atom. The first-order chi connectivity index (χ1) is 11.0. The molecule has 7 heteroatoms. The van der Waals surface area contributed by atoms with Gasteiger partial charge in [-0.15, -0.1) is 0 Å². The Kier molecular flexibility index (Phi) is 3.94. The molecule has 1 fully saturated rings. The third kappa shape index (κ3) is 2.86. The van der Waals surface area contributed by atoms with E-state index < -0.39 is 12.2 Å². The molecule has 1 aromatic rings. The lowest BCUT2D eigenvalue weighted by atomic mass is 10.1. The lowest BCUT2D eigenvalue weighted by Crippen LogP contribution is -2.46. The summed E-state index contributed by atoms with van der Waals surface area (Å²) in [7, 11) is 0. The molecule has 23 heavy (non-hydrogen) atoms. The smallest absolute Gasteiger partial charge is 0.411 e. The summed E-state index contributed by atoms with van der Waals surface area (Å²) in [5.41, 5.74) is 1.95. The van der Waals surface area contributed by atoms with Crippen LogP contribution in [0.3, 0.4) is 0 Å². The van der Waals surface area contributed by atoms with Crippen LogP contribution >= 0.6 is 0 Å². The molecule has 1 N–H and O–H groups in total. The van der Waals surface area contributed by atoms with Gasteiger partial charge in [0.25, 0.3) is 0 Å².